The summed E-state index contributed by atoms with van der Waals surface area (Å²) in [6.07, 6.45) is -12.3. The average molecular weight is 581 g/mol. The lowest BCUT2D eigenvalue weighted by Gasteiger charge is -2.29. The first-order valence-corrected chi connectivity index (χ1v) is 13.4. The molecule has 2 rings (SSSR count). The third-order valence-corrected chi connectivity index (χ3v) is 7.46. The number of hydrogen-bond donors (Lipinski definition) is 9. The second kappa shape index (κ2) is 13.1. The first-order chi connectivity index (χ1) is 17.1. The molecular weight excluding hydrogens is 552 g/mol. The summed E-state index contributed by atoms with van der Waals surface area (Å²) in [4.78, 5) is 44.7. The van der Waals surface area contributed by atoms with Crippen LogP contribution in [-0.4, -0.2) is 108 Å². The van der Waals surface area contributed by atoms with Gasteiger partial charge < -0.3 is 50.5 Å². The molecule has 214 valence electrons. The van der Waals surface area contributed by atoms with Crippen LogP contribution >= 0.6 is 15.6 Å². The molecule has 0 spiro atoms. The molecular formula is C16H29N3O16P2. The summed E-state index contributed by atoms with van der Waals surface area (Å²) < 4.78 is 48.7. The van der Waals surface area contributed by atoms with Crippen LogP contribution in [0, 0.1) is 0 Å². The maximum absolute atomic E-state index is 12.2. The number of phosphoric ester groups is 2. The minimum absolute atomic E-state index is 0.422. The Morgan fingerprint density at radius 1 is 1.19 bits per heavy atom. The Balaban J connectivity index is 2.03. The predicted octanol–water partition coefficient (Wildman–Crippen LogP) is -4.19. The van der Waals surface area contributed by atoms with E-state index in [0.29, 0.717) is 0 Å². The highest BCUT2D eigenvalue weighted by atomic mass is 31.3. The number of H-pyrrole nitrogens is 1. The molecule has 2 heterocycles. The third-order valence-electron chi connectivity index (χ3n) is 4.86. The van der Waals surface area contributed by atoms with Crippen molar-refractivity contribution >= 4 is 15.6 Å². The number of nitrogens with two attached hydrogens (primary N) is 1. The van der Waals surface area contributed by atoms with E-state index in [1.165, 1.54) is 0 Å². The van der Waals surface area contributed by atoms with Crippen LogP contribution in [0.5, 0.6) is 0 Å². The number of nitrogens with zero attached hydrogens (tertiary/aromatic N) is 1. The molecule has 1 fully saturated rings. The normalized spacial score (nSPS) is 28.7. The second-order valence-electron chi connectivity index (χ2n) is 7.75. The van der Waals surface area contributed by atoms with Crippen LogP contribution in [0.4, 0.5) is 0 Å². The van der Waals surface area contributed by atoms with Gasteiger partial charge in [0.05, 0.1) is 13.2 Å². The largest absolute Gasteiger partial charge is 0.483 e. The van der Waals surface area contributed by atoms with Crippen LogP contribution < -0.4 is 17.0 Å². The van der Waals surface area contributed by atoms with Crippen molar-refractivity contribution in [2.24, 2.45) is 5.73 Å². The van der Waals surface area contributed by atoms with E-state index in [9.17, 15) is 48.9 Å². The van der Waals surface area contributed by atoms with Gasteiger partial charge in [-0.05, 0) is 6.92 Å². The molecule has 7 unspecified atom stereocenters. The molecule has 0 bridgehead atoms. The Labute approximate surface area is 207 Å². The van der Waals surface area contributed by atoms with E-state index in [4.69, 9.17) is 20.3 Å². The number of aliphatic hydroxyl groups is 5. The van der Waals surface area contributed by atoms with Gasteiger partial charge in [-0.25, -0.2) is 13.9 Å². The van der Waals surface area contributed by atoms with Crippen molar-refractivity contribution in [3.8, 4) is 0 Å². The van der Waals surface area contributed by atoms with Crippen molar-refractivity contribution in [2.75, 3.05) is 19.8 Å². The molecule has 0 saturated carbocycles. The van der Waals surface area contributed by atoms with Crippen LogP contribution in [0.25, 0.3) is 0 Å². The van der Waals surface area contributed by atoms with Gasteiger partial charge in [-0.1, -0.05) is 0 Å². The van der Waals surface area contributed by atoms with Gasteiger partial charge in [0.15, 0.2) is 12.5 Å². The number of aromatic amines is 1. The van der Waals surface area contributed by atoms with Gasteiger partial charge in [0.25, 0.3) is 5.56 Å². The van der Waals surface area contributed by atoms with Gasteiger partial charge >= 0.3 is 21.3 Å². The van der Waals surface area contributed by atoms with Crippen molar-refractivity contribution in [1.82, 2.24) is 9.55 Å². The minimum Gasteiger partial charge on any atom is -0.394 e. The zero-order valence-corrected chi connectivity index (χ0v) is 20.9. The zero-order chi connectivity index (χ0) is 28.1. The molecule has 1 aliphatic heterocycles. The summed E-state index contributed by atoms with van der Waals surface area (Å²) in [5, 5.41) is 48.6. The Morgan fingerprint density at radius 3 is 2.38 bits per heavy atom. The van der Waals surface area contributed by atoms with Crippen LogP contribution in [0.1, 0.15) is 13.2 Å². The molecule has 0 amide bonds. The quantitative estimate of drug-likeness (QED) is 0.0743. The van der Waals surface area contributed by atoms with Gasteiger partial charge in [0.2, 0.25) is 0 Å². The zero-order valence-electron chi connectivity index (χ0n) is 19.1. The number of phosphoric acid groups is 2. The van der Waals surface area contributed by atoms with Crippen LogP contribution in [0.3, 0.4) is 0 Å². The van der Waals surface area contributed by atoms with E-state index in [0.717, 1.165) is 23.8 Å². The Morgan fingerprint density at radius 2 is 1.84 bits per heavy atom. The Kier molecular flexibility index (Phi) is 11.3. The first-order valence-electron chi connectivity index (χ1n) is 10.5. The number of rotatable bonds is 14. The Hall–Kier alpha value is -1.38. The first kappa shape index (κ1) is 31.8. The molecule has 10 N–H and O–H groups in total. The van der Waals surface area contributed by atoms with Crippen molar-refractivity contribution in [1.29, 1.82) is 0 Å². The lowest BCUT2D eigenvalue weighted by Crippen LogP contribution is -2.44. The smallest absolute Gasteiger partial charge is 0.394 e. The summed E-state index contributed by atoms with van der Waals surface area (Å²) in [6.45, 7) is -1.21. The van der Waals surface area contributed by atoms with Crippen molar-refractivity contribution in [3.63, 3.8) is 0 Å². The number of ether oxygens (including phenoxy) is 2. The van der Waals surface area contributed by atoms with E-state index in [2.05, 4.69) is 13.4 Å². The highest BCUT2D eigenvalue weighted by Crippen LogP contribution is 2.61. The maximum Gasteiger partial charge on any atom is 0.483 e. The van der Waals surface area contributed by atoms with E-state index in [-0.39, 0.29) is 0 Å². The van der Waals surface area contributed by atoms with E-state index >= 15 is 0 Å². The molecule has 0 aromatic carbocycles. The van der Waals surface area contributed by atoms with Crippen LogP contribution in [0.15, 0.2) is 21.9 Å². The summed E-state index contributed by atoms with van der Waals surface area (Å²) in [5.74, 6) is 0. The Bertz CT molecular complexity index is 1100. The van der Waals surface area contributed by atoms with Crippen molar-refractivity contribution in [2.45, 2.75) is 56.1 Å². The van der Waals surface area contributed by atoms with Crippen LogP contribution in [-0.2, 0) is 32.0 Å². The van der Waals surface area contributed by atoms with Crippen LogP contribution in [0.2, 0.25) is 0 Å². The molecule has 1 saturated heterocycles. The van der Waals surface area contributed by atoms with Gasteiger partial charge in [-0.3, -0.25) is 23.4 Å². The molecule has 37 heavy (non-hydrogen) atoms. The monoisotopic (exact) mass is 581 g/mol. The molecule has 0 radical (unpaired) electrons. The summed E-state index contributed by atoms with van der Waals surface area (Å²) >= 11 is 0. The van der Waals surface area contributed by atoms with E-state index in [1.54, 1.807) is 0 Å². The average Bonchev–Trinajstić information content (AvgIpc) is 3.07. The summed E-state index contributed by atoms with van der Waals surface area (Å²) in [5.41, 5.74) is 3.63. The molecule has 19 nitrogen and oxygen atoms in total. The summed E-state index contributed by atoms with van der Waals surface area (Å²) in [6, 6.07) is 0.937. The second-order valence-corrected chi connectivity index (χ2v) is 10.7. The molecule has 1 aromatic rings. The number of hydrogen-bond acceptors (Lipinski definition) is 15. The molecule has 21 heteroatoms. The fourth-order valence-corrected chi connectivity index (χ4v) is 5.23. The van der Waals surface area contributed by atoms with Gasteiger partial charge in [0, 0.05) is 18.8 Å². The highest BCUT2D eigenvalue weighted by Gasteiger charge is 2.46. The lowest BCUT2D eigenvalue weighted by molar-refractivity contribution is -0.196. The predicted molar refractivity (Wildman–Crippen MR) is 118 cm³/mol. The number of aliphatic hydroxyl groups excluding tert-OH is 5. The molecule has 1 aromatic heterocycles. The van der Waals surface area contributed by atoms with Gasteiger partial charge in [-0.15, -0.1) is 0 Å². The maximum atomic E-state index is 12.2. The molecule has 10 atom stereocenters. The van der Waals surface area contributed by atoms with E-state index in [1.807, 2.05) is 4.98 Å². The fraction of sp³-hybridized carbons (Fsp3) is 0.750. The molecule has 0 aliphatic carbocycles. The van der Waals surface area contributed by atoms with Gasteiger partial charge in [-0.2, -0.15) is 4.31 Å². The minimum atomic E-state index is -5.53. The topological polar surface area (TPSA) is 303 Å². The van der Waals surface area contributed by atoms with Crippen molar-refractivity contribution < 1.29 is 67.3 Å². The third kappa shape index (κ3) is 8.82. The SMILES string of the molecule is C[C@H](O)[C@H](OC(CN)[C@H](O)CO)OP(=O)(O)OP(=O)(O)OCC1OC(n2ccc(=O)[nH]c2=O)C(O)C1O. The molecule has 1 aliphatic rings. The number of aromatic nitrogens is 2. The van der Waals surface area contributed by atoms with Gasteiger partial charge in [0.1, 0.15) is 36.6 Å². The highest BCUT2D eigenvalue weighted by molar-refractivity contribution is 7.61. The summed E-state index contributed by atoms with van der Waals surface area (Å²) in [7, 11) is -11.0. The lowest BCUT2D eigenvalue weighted by atomic mass is 10.1. The van der Waals surface area contributed by atoms with Crippen molar-refractivity contribution in [3.05, 3.63) is 33.1 Å². The standard InChI is InChI=1S/C16H29N3O16P2/c1-7(21)15(33-9(4-17)8(22)5-20)34-37(29,30)35-36(27,28)31-6-10-12(24)13(25)14(32-10)19-3-2-11(23)18-16(19)26/h2-3,7-10,12-15,20-22,24-25H,4-6,17H2,1H3,(H,27,28)(H,29,30)(H,18,23,26)/t7-,8+,9?,10?,12?,13?,14?,15+/m0/s1. The number of nitrogens with one attached hydrogen (secondary N) is 1. The fourth-order valence-electron chi connectivity index (χ4n) is 3.02. The van der Waals surface area contributed by atoms with E-state index < -0.39 is 95.8 Å².